The van der Waals surface area contributed by atoms with E-state index in [2.05, 4.69) is 11.9 Å². The zero-order valence-electron chi connectivity index (χ0n) is 14.7. The highest BCUT2D eigenvalue weighted by Crippen LogP contribution is 2.28. The number of carbonyl (C=O) groups is 2. The highest BCUT2D eigenvalue weighted by Gasteiger charge is 2.43. The molecule has 1 aliphatic rings. The minimum absolute atomic E-state index is 0.312. The Morgan fingerprint density at radius 3 is 2.64 bits per heavy atom. The fourth-order valence-corrected chi connectivity index (χ4v) is 2.54. The zero-order valence-corrected chi connectivity index (χ0v) is 14.7. The van der Waals surface area contributed by atoms with Gasteiger partial charge >= 0.3 is 6.09 Å². The van der Waals surface area contributed by atoms with Crippen LogP contribution in [0.2, 0.25) is 0 Å². The smallest absolute Gasteiger partial charge is 0.411 e. The zero-order chi connectivity index (χ0) is 18.4. The average Bonchev–Trinajstić information content (AvgIpc) is 2.55. The molecule has 2 atom stereocenters. The molecule has 1 aliphatic heterocycles. The van der Waals surface area contributed by atoms with Gasteiger partial charge in [-0.15, -0.1) is 0 Å². The molecule has 1 fully saturated rings. The molecule has 2 amide bonds. The number of rotatable bonds is 5. The highest BCUT2D eigenvalue weighted by molar-refractivity contribution is 5.87. The minimum Gasteiger partial charge on any atom is -0.444 e. The number of ether oxygens (including phenoxy) is 1. The van der Waals surface area contributed by atoms with E-state index in [0.717, 1.165) is 6.26 Å². The van der Waals surface area contributed by atoms with Crippen molar-refractivity contribution in [2.45, 2.75) is 38.5 Å². The summed E-state index contributed by atoms with van der Waals surface area (Å²) in [5.74, 6) is -0.335. The van der Waals surface area contributed by atoms with Crippen molar-refractivity contribution in [2.75, 3.05) is 13.1 Å². The maximum atomic E-state index is 12.6. The molecule has 1 heterocycles. The second kappa shape index (κ2) is 8.02. The topological polar surface area (TPSA) is 77.1 Å². The summed E-state index contributed by atoms with van der Waals surface area (Å²) in [5, 5.41) is 2.76. The molecule has 7 nitrogen and oxygen atoms in total. The van der Waals surface area contributed by atoms with Gasteiger partial charge in [0.05, 0.1) is 0 Å². The number of nitrogens with one attached hydrogen (secondary N) is 1. The fraction of sp³-hybridized carbons (Fsp3) is 0.444. The van der Waals surface area contributed by atoms with Crippen LogP contribution in [-0.2, 0) is 19.3 Å². The Labute approximate surface area is 147 Å². The van der Waals surface area contributed by atoms with Crippen molar-refractivity contribution in [3.05, 3.63) is 48.7 Å². The minimum atomic E-state index is -0.925. The molecule has 1 aromatic rings. The first kappa shape index (κ1) is 18.8. The molecule has 1 saturated heterocycles. The third-order valence-corrected chi connectivity index (χ3v) is 3.53. The van der Waals surface area contributed by atoms with E-state index >= 15 is 0 Å². The van der Waals surface area contributed by atoms with Crippen LogP contribution < -0.4 is 5.32 Å². The summed E-state index contributed by atoms with van der Waals surface area (Å²) in [4.78, 5) is 36.7. The monoisotopic (exact) mass is 348 g/mol. The molecule has 0 bridgehead atoms. The fourth-order valence-electron chi connectivity index (χ4n) is 2.54. The van der Waals surface area contributed by atoms with Gasteiger partial charge in [-0.25, -0.2) is 4.79 Å². The van der Waals surface area contributed by atoms with E-state index in [1.54, 1.807) is 32.9 Å². The van der Waals surface area contributed by atoms with Gasteiger partial charge in [0.2, 0.25) is 5.91 Å². The van der Waals surface area contributed by atoms with Gasteiger partial charge in [-0.1, -0.05) is 36.9 Å². The van der Waals surface area contributed by atoms with Gasteiger partial charge in [0.25, 0.3) is 0 Å². The van der Waals surface area contributed by atoms with E-state index in [1.165, 1.54) is 4.90 Å². The number of benzene rings is 1. The molecule has 136 valence electrons. The van der Waals surface area contributed by atoms with Gasteiger partial charge in [0, 0.05) is 13.1 Å². The number of piperazine rings is 1. The van der Waals surface area contributed by atoms with Crippen LogP contribution in [0.1, 0.15) is 32.4 Å². The predicted octanol–water partition coefficient (Wildman–Crippen LogP) is 2.55. The second-order valence-electron chi connectivity index (χ2n) is 6.60. The Balaban J connectivity index is 2.33. The Morgan fingerprint density at radius 1 is 1.36 bits per heavy atom. The van der Waals surface area contributed by atoms with Gasteiger partial charge in [-0.3, -0.25) is 9.69 Å². The van der Waals surface area contributed by atoms with Crippen LogP contribution in [0.4, 0.5) is 4.79 Å². The third kappa shape index (κ3) is 4.96. The van der Waals surface area contributed by atoms with Crippen LogP contribution >= 0.6 is 0 Å². The van der Waals surface area contributed by atoms with Gasteiger partial charge in [-0.05, 0) is 26.3 Å². The van der Waals surface area contributed by atoms with Crippen molar-refractivity contribution < 1.29 is 24.1 Å². The van der Waals surface area contributed by atoms with Crippen molar-refractivity contribution in [1.29, 1.82) is 0 Å². The van der Waals surface area contributed by atoms with E-state index in [-0.39, 0.29) is 5.91 Å². The Kier molecular flexibility index (Phi) is 6.03. The van der Waals surface area contributed by atoms with E-state index < -0.39 is 23.8 Å². The molecule has 0 aliphatic carbocycles. The molecule has 7 heteroatoms. The molecule has 0 aromatic heterocycles. The predicted molar refractivity (Wildman–Crippen MR) is 91.3 cm³/mol. The summed E-state index contributed by atoms with van der Waals surface area (Å²) >= 11 is 0. The molecule has 25 heavy (non-hydrogen) atoms. The maximum absolute atomic E-state index is 12.6. The van der Waals surface area contributed by atoms with E-state index in [4.69, 9.17) is 14.5 Å². The number of hydrogen-bond acceptors (Lipinski definition) is 5. The number of carbonyl (C=O) groups excluding carboxylic acids is 2. The van der Waals surface area contributed by atoms with Crippen LogP contribution in [0, 0.1) is 0 Å². The van der Waals surface area contributed by atoms with Crippen molar-refractivity contribution in [1.82, 2.24) is 10.2 Å². The third-order valence-electron chi connectivity index (χ3n) is 3.53. The Bertz CT molecular complexity index is 612. The molecule has 0 saturated carbocycles. The van der Waals surface area contributed by atoms with Crippen molar-refractivity contribution in [3.63, 3.8) is 0 Å². The summed E-state index contributed by atoms with van der Waals surface area (Å²) in [5.41, 5.74) is 0.0240. The largest absolute Gasteiger partial charge is 0.444 e. The van der Waals surface area contributed by atoms with Gasteiger partial charge in [0.1, 0.15) is 17.9 Å². The van der Waals surface area contributed by atoms with E-state index in [0.29, 0.717) is 18.7 Å². The first-order valence-corrected chi connectivity index (χ1v) is 8.09. The average molecular weight is 348 g/mol. The summed E-state index contributed by atoms with van der Waals surface area (Å²) in [6.07, 6.45) is -0.281. The molecular formula is C18H24N2O5. The maximum Gasteiger partial charge on any atom is 0.411 e. The van der Waals surface area contributed by atoms with Crippen LogP contribution in [0.3, 0.4) is 0 Å². The number of nitrogens with zero attached hydrogens (tertiary/aromatic N) is 1. The Hall–Kier alpha value is -2.54. The summed E-state index contributed by atoms with van der Waals surface area (Å²) in [6, 6.07) is 8.15. The first-order valence-electron chi connectivity index (χ1n) is 8.09. The number of amides is 2. The lowest BCUT2D eigenvalue weighted by Crippen LogP contribution is -2.60. The lowest BCUT2D eigenvalue weighted by Gasteiger charge is -2.38. The lowest BCUT2D eigenvalue weighted by atomic mass is 9.99. The summed E-state index contributed by atoms with van der Waals surface area (Å²) < 4.78 is 5.44. The van der Waals surface area contributed by atoms with Gasteiger partial charge in [0.15, 0.2) is 6.10 Å². The Morgan fingerprint density at radius 2 is 2.04 bits per heavy atom. The molecule has 2 unspecified atom stereocenters. The van der Waals surface area contributed by atoms with Crippen LogP contribution in [-0.4, -0.2) is 41.6 Å². The van der Waals surface area contributed by atoms with Gasteiger partial charge < -0.3 is 14.9 Å². The van der Waals surface area contributed by atoms with Crippen LogP contribution in [0.25, 0.3) is 0 Å². The van der Waals surface area contributed by atoms with E-state index in [9.17, 15) is 9.59 Å². The van der Waals surface area contributed by atoms with Gasteiger partial charge in [-0.2, -0.15) is 4.89 Å². The molecule has 2 rings (SSSR count). The number of hydrogen-bond donors (Lipinski definition) is 1. The summed E-state index contributed by atoms with van der Waals surface area (Å²) in [6.45, 7) is 9.42. The quantitative estimate of drug-likeness (QED) is 0.503. The molecule has 1 N–H and O–H groups in total. The molecule has 1 aromatic carbocycles. The summed E-state index contributed by atoms with van der Waals surface area (Å²) in [7, 11) is 0. The molecule has 0 radical (unpaired) electrons. The molecular weight excluding hydrogens is 324 g/mol. The first-order chi connectivity index (χ1) is 11.8. The van der Waals surface area contributed by atoms with E-state index in [1.807, 2.05) is 18.2 Å². The van der Waals surface area contributed by atoms with Crippen molar-refractivity contribution in [2.24, 2.45) is 0 Å². The van der Waals surface area contributed by atoms with Crippen molar-refractivity contribution in [3.8, 4) is 0 Å². The highest BCUT2D eigenvalue weighted by atomic mass is 17.2. The normalized spacial score (nSPS) is 18.9. The van der Waals surface area contributed by atoms with Crippen molar-refractivity contribution >= 4 is 12.0 Å². The molecule has 0 spiro atoms. The lowest BCUT2D eigenvalue weighted by molar-refractivity contribution is -0.295. The SMILES string of the molecule is C=COOC(c1ccccc1)C1C(=O)NCCN1C(=O)OC(C)(C)C. The second-order valence-corrected chi connectivity index (χ2v) is 6.60. The van der Waals surface area contributed by atoms with Crippen LogP contribution in [0.15, 0.2) is 43.2 Å². The van der Waals surface area contributed by atoms with Crippen LogP contribution in [0.5, 0.6) is 0 Å². The standard InChI is InChI=1S/C18H24N2O5/c1-5-23-25-15(13-9-7-6-8-10-13)14-16(21)19-11-12-20(14)17(22)24-18(2,3)4/h5-10,14-15H,1,11-12H2,2-4H3,(H,19,21).